The van der Waals surface area contributed by atoms with Gasteiger partial charge in [0.1, 0.15) is 18.2 Å². The molecule has 0 saturated heterocycles. The summed E-state index contributed by atoms with van der Waals surface area (Å²) in [5.41, 5.74) is -0.633. The van der Waals surface area contributed by atoms with Crippen molar-refractivity contribution in [1.29, 1.82) is 0 Å². The van der Waals surface area contributed by atoms with Crippen LogP contribution in [0.25, 0.3) is 11.0 Å². The van der Waals surface area contributed by atoms with Crippen LogP contribution in [0.4, 0.5) is 19.0 Å². The number of nitrogens with one attached hydrogen (secondary N) is 1. The summed E-state index contributed by atoms with van der Waals surface area (Å²) in [6.07, 6.45) is 0.990. The summed E-state index contributed by atoms with van der Waals surface area (Å²) < 4.78 is 48.2. The molecule has 5 nitrogen and oxygen atoms in total. The zero-order valence-corrected chi connectivity index (χ0v) is 18.8. The summed E-state index contributed by atoms with van der Waals surface area (Å²) in [6, 6.07) is 0.933. The molecule has 0 aromatic carbocycles. The number of rotatable bonds is 8. The molecule has 0 amide bonds. The van der Waals surface area contributed by atoms with Crippen LogP contribution in [0.3, 0.4) is 0 Å². The van der Waals surface area contributed by atoms with Gasteiger partial charge in [0.05, 0.1) is 10.9 Å². The molecule has 29 heavy (non-hydrogen) atoms. The first-order valence-corrected chi connectivity index (χ1v) is 14.1. The van der Waals surface area contributed by atoms with E-state index in [4.69, 9.17) is 16.3 Å². The summed E-state index contributed by atoms with van der Waals surface area (Å²) in [6.45, 7) is 7.74. The van der Waals surface area contributed by atoms with E-state index in [0.29, 0.717) is 19.1 Å². The third kappa shape index (κ3) is 5.85. The van der Waals surface area contributed by atoms with Crippen molar-refractivity contribution in [2.24, 2.45) is 5.92 Å². The Labute approximate surface area is 175 Å². The monoisotopic (exact) mass is 448 g/mol. The Morgan fingerprint density at radius 1 is 1.24 bits per heavy atom. The van der Waals surface area contributed by atoms with E-state index in [1.165, 1.54) is 4.57 Å². The lowest BCUT2D eigenvalue weighted by Crippen LogP contribution is -2.22. The number of fused-ring (bicyclic) bond motifs is 1. The zero-order valence-electron chi connectivity index (χ0n) is 17.1. The van der Waals surface area contributed by atoms with Gasteiger partial charge in [-0.2, -0.15) is 18.2 Å². The van der Waals surface area contributed by atoms with E-state index in [1.54, 1.807) is 0 Å². The summed E-state index contributed by atoms with van der Waals surface area (Å²) in [7, 11) is -1.29. The molecule has 0 unspecified atom stereocenters. The van der Waals surface area contributed by atoms with Crippen molar-refractivity contribution in [2.75, 3.05) is 18.5 Å². The fourth-order valence-electron chi connectivity index (χ4n) is 3.60. The molecule has 10 heteroatoms. The second-order valence-electron chi connectivity index (χ2n) is 8.93. The first kappa shape index (κ1) is 22.4. The molecule has 1 saturated carbocycles. The largest absolute Gasteiger partial charge is 0.418 e. The van der Waals surface area contributed by atoms with Crippen LogP contribution in [0.2, 0.25) is 31.0 Å². The SMILES string of the molecule is C[Si](C)(C)CCOCn1cc(C(F)(F)F)c2c(NCC3CCCC3)nc(Cl)nc21. The number of anilines is 1. The highest BCUT2D eigenvalue weighted by atomic mass is 35.5. The number of halogens is 4. The smallest absolute Gasteiger partial charge is 0.369 e. The van der Waals surface area contributed by atoms with Crippen molar-refractivity contribution in [1.82, 2.24) is 14.5 Å². The molecule has 3 rings (SSSR count). The van der Waals surface area contributed by atoms with Crippen LogP contribution in [0.15, 0.2) is 6.20 Å². The minimum Gasteiger partial charge on any atom is -0.369 e. The molecule has 0 spiro atoms. The lowest BCUT2D eigenvalue weighted by atomic mass is 10.1. The Kier molecular flexibility index (Phi) is 6.80. The van der Waals surface area contributed by atoms with E-state index in [1.807, 2.05) is 0 Å². The van der Waals surface area contributed by atoms with Crippen LogP contribution < -0.4 is 5.32 Å². The number of alkyl halides is 3. The Hall–Kier alpha value is -1.32. The van der Waals surface area contributed by atoms with E-state index in [-0.39, 0.29) is 28.9 Å². The third-order valence-electron chi connectivity index (χ3n) is 5.25. The minimum atomic E-state index is -4.52. The van der Waals surface area contributed by atoms with Gasteiger partial charge >= 0.3 is 6.18 Å². The molecule has 1 N–H and O–H groups in total. The number of hydrogen-bond donors (Lipinski definition) is 1. The van der Waals surface area contributed by atoms with Crippen molar-refractivity contribution in [2.45, 2.75) is 64.3 Å². The van der Waals surface area contributed by atoms with Crippen molar-refractivity contribution in [3.8, 4) is 0 Å². The van der Waals surface area contributed by atoms with Gasteiger partial charge < -0.3 is 14.6 Å². The number of hydrogen-bond acceptors (Lipinski definition) is 4. The molecule has 1 fully saturated rings. The summed E-state index contributed by atoms with van der Waals surface area (Å²) in [5.74, 6) is 0.584. The molecule has 2 aromatic rings. The van der Waals surface area contributed by atoms with Gasteiger partial charge in [-0.05, 0) is 36.4 Å². The second kappa shape index (κ2) is 8.81. The Morgan fingerprint density at radius 3 is 2.55 bits per heavy atom. The molecule has 2 heterocycles. The van der Waals surface area contributed by atoms with Gasteiger partial charge in [0, 0.05) is 27.4 Å². The van der Waals surface area contributed by atoms with E-state index in [0.717, 1.165) is 37.9 Å². The maximum atomic E-state index is 13.7. The fourth-order valence-corrected chi connectivity index (χ4v) is 4.52. The van der Waals surface area contributed by atoms with Crippen molar-refractivity contribution < 1.29 is 17.9 Å². The Balaban J connectivity index is 1.89. The highest BCUT2D eigenvalue weighted by molar-refractivity contribution is 6.76. The quantitative estimate of drug-likeness (QED) is 0.305. The standard InChI is InChI=1S/C19H28ClF3N4OSi/c1-29(2,3)9-8-28-12-27-11-14(19(21,22)23)15-16(25-18(20)26-17(15)27)24-10-13-6-4-5-7-13/h11,13H,4-10,12H2,1-3H3,(H,24,25,26). The van der Waals surface area contributed by atoms with Gasteiger partial charge in [-0.25, -0.2) is 4.98 Å². The van der Waals surface area contributed by atoms with Gasteiger partial charge in [-0.1, -0.05) is 32.5 Å². The molecule has 0 atom stereocenters. The average molecular weight is 449 g/mol. The first-order chi connectivity index (χ1) is 13.5. The number of aromatic nitrogens is 3. The molecule has 0 aliphatic heterocycles. The van der Waals surface area contributed by atoms with Crippen LogP contribution in [0.1, 0.15) is 31.2 Å². The van der Waals surface area contributed by atoms with Gasteiger partial charge in [-0.3, -0.25) is 0 Å². The Bertz CT molecular complexity index is 845. The highest BCUT2D eigenvalue weighted by Crippen LogP contribution is 2.39. The van der Waals surface area contributed by atoms with Crippen LogP contribution >= 0.6 is 11.6 Å². The normalized spacial score (nSPS) is 16.1. The minimum absolute atomic E-state index is 0.00747. The lowest BCUT2D eigenvalue weighted by molar-refractivity contribution is -0.136. The zero-order chi connectivity index (χ0) is 21.2. The average Bonchev–Trinajstić information content (AvgIpc) is 3.23. The third-order valence-corrected chi connectivity index (χ3v) is 7.13. The van der Waals surface area contributed by atoms with Gasteiger partial charge in [0.2, 0.25) is 5.28 Å². The topological polar surface area (TPSA) is 52.0 Å². The molecule has 0 radical (unpaired) electrons. The predicted molar refractivity (Wildman–Crippen MR) is 112 cm³/mol. The molecule has 1 aliphatic rings. The van der Waals surface area contributed by atoms with E-state index < -0.39 is 19.8 Å². The first-order valence-electron chi connectivity index (χ1n) is 10.00. The van der Waals surface area contributed by atoms with Crippen molar-refractivity contribution in [3.63, 3.8) is 0 Å². The van der Waals surface area contributed by atoms with E-state index in [2.05, 4.69) is 34.9 Å². The summed E-state index contributed by atoms with van der Waals surface area (Å²) in [4.78, 5) is 8.16. The van der Waals surface area contributed by atoms with Crippen molar-refractivity contribution in [3.05, 3.63) is 17.0 Å². The molecule has 0 bridgehead atoms. The molecular weight excluding hydrogens is 421 g/mol. The van der Waals surface area contributed by atoms with Crippen LogP contribution in [-0.2, 0) is 17.6 Å². The lowest BCUT2D eigenvalue weighted by Gasteiger charge is -2.16. The second-order valence-corrected chi connectivity index (χ2v) is 14.9. The fraction of sp³-hybridized carbons (Fsp3) is 0.684. The van der Waals surface area contributed by atoms with Gasteiger partial charge in [0.25, 0.3) is 0 Å². The van der Waals surface area contributed by atoms with E-state index in [9.17, 15) is 13.2 Å². The van der Waals surface area contributed by atoms with Crippen LogP contribution in [-0.4, -0.2) is 35.8 Å². The Morgan fingerprint density at radius 2 is 1.93 bits per heavy atom. The molecule has 162 valence electrons. The number of ether oxygens (including phenoxy) is 1. The maximum Gasteiger partial charge on any atom is 0.418 e. The highest BCUT2D eigenvalue weighted by Gasteiger charge is 2.37. The number of nitrogens with zero attached hydrogens (tertiary/aromatic N) is 3. The molecule has 2 aromatic heterocycles. The van der Waals surface area contributed by atoms with Gasteiger partial charge in [-0.15, -0.1) is 0 Å². The van der Waals surface area contributed by atoms with Crippen LogP contribution in [0.5, 0.6) is 0 Å². The molecular formula is C19H28ClF3N4OSi. The summed E-state index contributed by atoms with van der Waals surface area (Å²) >= 11 is 6.04. The van der Waals surface area contributed by atoms with Crippen molar-refractivity contribution >= 4 is 36.5 Å². The predicted octanol–water partition coefficient (Wildman–Crippen LogP) is 6.02. The maximum absolute atomic E-state index is 13.7. The van der Waals surface area contributed by atoms with Crippen LogP contribution in [0, 0.1) is 5.92 Å². The summed E-state index contributed by atoms with van der Waals surface area (Å²) in [5, 5.41) is 2.97. The van der Waals surface area contributed by atoms with E-state index >= 15 is 0 Å². The van der Waals surface area contributed by atoms with Gasteiger partial charge in [0.15, 0.2) is 0 Å². The molecule has 1 aliphatic carbocycles.